The molecule has 0 amide bonds. The molecular formula is C19H41NO2S. The zero-order chi connectivity index (χ0) is 17.2. The van der Waals surface area contributed by atoms with Gasteiger partial charge in [-0.05, 0) is 13.5 Å². The summed E-state index contributed by atoms with van der Waals surface area (Å²) >= 11 is 0. The zero-order valence-electron chi connectivity index (χ0n) is 15.7. The maximum absolute atomic E-state index is 11.2. The van der Waals surface area contributed by atoms with Crippen LogP contribution in [-0.2, 0) is 10.0 Å². The van der Waals surface area contributed by atoms with Crippen LogP contribution >= 0.6 is 0 Å². The van der Waals surface area contributed by atoms with Gasteiger partial charge in [0.05, 0.1) is 5.75 Å². The van der Waals surface area contributed by atoms with Gasteiger partial charge in [0.2, 0.25) is 10.0 Å². The lowest BCUT2D eigenvalue weighted by Crippen LogP contribution is -2.21. The van der Waals surface area contributed by atoms with Gasteiger partial charge in [0.15, 0.2) is 0 Å². The minimum absolute atomic E-state index is 0.280. The molecule has 0 aliphatic carbocycles. The molecule has 3 nitrogen and oxygen atoms in total. The van der Waals surface area contributed by atoms with Gasteiger partial charge >= 0.3 is 0 Å². The highest BCUT2D eigenvalue weighted by Gasteiger charge is 2.05. The molecular weight excluding hydrogens is 306 g/mol. The van der Waals surface area contributed by atoms with E-state index in [0.29, 0.717) is 0 Å². The Morgan fingerprint density at radius 2 is 0.870 bits per heavy atom. The zero-order valence-corrected chi connectivity index (χ0v) is 16.6. The molecule has 0 radical (unpaired) electrons. The highest BCUT2D eigenvalue weighted by Crippen LogP contribution is 2.13. The predicted molar refractivity (Wildman–Crippen MR) is 102 cm³/mol. The fourth-order valence-electron chi connectivity index (χ4n) is 2.94. The first kappa shape index (κ1) is 22.9. The maximum Gasteiger partial charge on any atom is 0.211 e. The van der Waals surface area contributed by atoms with E-state index in [2.05, 4.69) is 11.6 Å². The second-order valence-electron chi connectivity index (χ2n) is 6.83. The first-order chi connectivity index (χ1) is 11.1. The molecule has 0 fully saturated rings. The van der Waals surface area contributed by atoms with Crippen LogP contribution in [0.15, 0.2) is 0 Å². The third-order valence-corrected chi connectivity index (χ3v) is 6.03. The second kappa shape index (κ2) is 16.8. The van der Waals surface area contributed by atoms with Crippen LogP contribution in [0.2, 0.25) is 0 Å². The Bertz CT molecular complexity index is 328. The Balaban J connectivity index is 3.08. The van der Waals surface area contributed by atoms with Crippen molar-refractivity contribution in [1.82, 2.24) is 4.72 Å². The van der Waals surface area contributed by atoms with Crippen molar-refractivity contribution in [2.45, 2.75) is 110 Å². The van der Waals surface area contributed by atoms with Crippen LogP contribution in [0.3, 0.4) is 0 Å². The van der Waals surface area contributed by atoms with E-state index >= 15 is 0 Å². The van der Waals surface area contributed by atoms with Crippen LogP contribution in [-0.4, -0.2) is 21.2 Å². The minimum Gasteiger partial charge on any atom is -0.218 e. The lowest BCUT2D eigenvalue weighted by atomic mass is 10.0. The molecule has 0 atom stereocenters. The Kier molecular flexibility index (Phi) is 16.7. The molecule has 0 rings (SSSR count). The lowest BCUT2D eigenvalue weighted by Gasteiger charge is -2.04. The fraction of sp³-hybridized carbons (Fsp3) is 1.00. The molecule has 0 unspecified atom stereocenters. The van der Waals surface area contributed by atoms with E-state index in [1.807, 2.05) is 0 Å². The van der Waals surface area contributed by atoms with Gasteiger partial charge in [-0.2, -0.15) is 0 Å². The molecule has 0 saturated carbocycles. The van der Waals surface area contributed by atoms with Crippen molar-refractivity contribution in [3.05, 3.63) is 0 Å². The highest BCUT2D eigenvalue weighted by molar-refractivity contribution is 7.89. The topological polar surface area (TPSA) is 46.2 Å². The van der Waals surface area contributed by atoms with Crippen LogP contribution < -0.4 is 4.72 Å². The Morgan fingerprint density at radius 1 is 0.565 bits per heavy atom. The van der Waals surface area contributed by atoms with Crippen molar-refractivity contribution in [2.75, 3.05) is 12.8 Å². The largest absolute Gasteiger partial charge is 0.218 e. The van der Waals surface area contributed by atoms with Crippen molar-refractivity contribution < 1.29 is 8.42 Å². The Labute approximate surface area is 146 Å². The molecule has 1 N–H and O–H groups in total. The van der Waals surface area contributed by atoms with E-state index in [4.69, 9.17) is 0 Å². The summed E-state index contributed by atoms with van der Waals surface area (Å²) in [6, 6.07) is 0. The number of hydrogen-bond acceptors (Lipinski definition) is 2. The molecule has 0 aliphatic rings. The molecule has 0 aliphatic heterocycles. The standard InChI is InChI=1S/C19H41NO2S/c1-3-4-5-6-7-8-9-10-11-12-13-14-15-16-17-18-19-23(21,22)20-2/h20H,3-19H2,1-2H3. The number of unbranched alkanes of at least 4 members (excludes halogenated alkanes) is 15. The number of sulfonamides is 1. The third kappa shape index (κ3) is 18.1. The van der Waals surface area contributed by atoms with Gasteiger partial charge in [-0.25, -0.2) is 13.1 Å². The van der Waals surface area contributed by atoms with Crippen LogP contribution in [0.5, 0.6) is 0 Å². The summed E-state index contributed by atoms with van der Waals surface area (Å²) in [4.78, 5) is 0. The second-order valence-corrected chi connectivity index (χ2v) is 8.87. The molecule has 0 bridgehead atoms. The van der Waals surface area contributed by atoms with E-state index in [-0.39, 0.29) is 5.75 Å². The van der Waals surface area contributed by atoms with E-state index in [9.17, 15) is 8.42 Å². The summed E-state index contributed by atoms with van der Waals surface area (Å²) in [5, 5.41) is 0. The first-order valence-electron chi connectivity index (χ1n) is 10.0. The van der Waals surface area contributed by atoms with Gasteiger partial charge in [-0.15, -0.1) is 0 Å². The maximum atomic E-state index is 11.2. The smallest absolute Gasteiger partial charge is 0.211 e. The summed E-state index contributed by atoms with van der Waals surface area (Å²) in [6.07, 6.45) is 21.0. The molecule has 0 saturated heterocycles. The molecule has 0 aromatic carbocycles. The lowest BCUT2D eigenvalue weighted by molar-refractivity contribution is 0.530. The van der Waals surface area contributed by atoms with Crippen molar-refractivity contribution in [3.8, 4) is 0 Å². The number of nitrogens with one attached hydrogen (secondary N) is 1. The van der Waals surface area contributed by atoms with Gasteiger partial charge in [-0.3, -0.25) is 0 Å². The Hall–Kier alpha value is -0.0900. The monoisotopic (exact) mass is 347 g/mol. The molecule has 0 aromatic heterocycles. The molecule has 140 valence electrons. The van der Waals surface area contributed by atoms with E-state index < -0.39 is 10.0 Å². The van der Waals surface area contributed by atoms with Gasteiger partial charge in [0.1, 0.15) is 0 Å². The number of hydrogen-bond donors (Lipinski definition) is 1. The molecule has 0 aromatic rings. The van der Waals surface area contributed by atoms with Crippen LogP contribution in [0.4, 0.5) is 0 Å². The Morgan fingerprint density at radius 3 is 1.17 bits per heavy atom. The van der Waals surface area contributed by atoms with E-state index in [1.54, 1.807) is 0 Å². The summed E-state index contributed by atoms with van der Waals surface area (Å²) < 4.78 is 24.8. The van der Waals surface area contributed by atoms with E-state index in [1.165, 1.54) is 96.9 Å². The van der Waals surface area contributed by atoms with Crippen LogP contribution in [0, 0.1) is 0 Å². The average Bonchev–Trinajstić information content (AvgIpc) is 2.54. The highest BCUT2D eigenvalue weighted by atomic mass is 32.2. The van der Waals surface area contributed by atoms with Crippen molar-refractivity contribution >= 4 is 10.0 Å². The summed E-state index contributed by atoms with van der Waals surface area (Å²) in [7, 11) is -1.50. The number of rotatable bonds is 18. The normalized spacial score (nSPS) is 11.9. The fourth-order valence-corrected chi connectivity index (χ4v) is 3.73. The predicted octanol–water partition coefficient (Wildman–Crippen LogP) is 5.80. The van der Waals surface area contributed by atoms with Gasteiger partial charge < -0.3 is 0 Å². The van der Waals surface area contributed by atoms with Crippen molar-refractivity contribution in [3.63, 3.8) is 0 Å². The quantitative estimate of drug-likeness (QED) is 0.319. The summed E-state index contributed by atoms with van der Waals surface area (Å²) in [6.45, 7) is 2.27. The van der Waals surface area contributed by atoms with Crippen LogP contribution in [0.1, 0.15) is 110 Å². The summed E-state index contributed by atoms with van der Waals surface area (Å²) in [5.41, 5.74) is 0. The van der Waals surface area contributed by atoms with Crippen molar-refractivity contribution in [2.24, 2.45) is 0 Å². The molecule has 23 heavy (non-hydrogen) atoms. The third-order valence-electron chi connectivity index (χ3n) is 4.58. The molecule has 0 heterocycles. The molecule has 4 heteroatoms. The van der Waals surface area contributed by atoms with Gasteiger partial charge in [0.25, 0.3) is 0 Å². The van der Waals surface area contributed by atoms with Crippen LogP contribution in [0.25, 0.3) is 0 Å². The van der Waals surface area contributed by atoms with E-state index in [0.717, 1.165) is 12.8 Å². The SMILES string of the molecule is CCCCCCCCCCCCCCCCCCS(=O)(=O)NC. The van der Waals surface area contributed by atoms with Crippen molar-refractivity contribution in [1.29, 1.82) is 0 Å². The molecule has 0 spiro atoms. The van der Waals surface area contributed by atoms with Gasteiger partial charge in [0, 0.05) is 0 Å². The van der Waals surface area contributed by atoms with Gasteiger partial charge in [-0.1, -0.05) is 103 Å². The summed E-state index contributed by atoms with van der Waals surface area (Å²) in [5.74, 6) is 0.280. The average molecular weight is 348 g/mol. The minimum atomic E-state index is -2.99. The first-order valence-corrected chi connectivity index (χ1v) is 11.7.